The van der Waals surface area contributed by atoms with Crippen molar-refractivity contribution in [3.8, 4) is 11.5 Å². The van der Waals surface area contributed by atoms with E-state index >= 15 is 0 Å². The predicted molar refractivity (Wildman–Crippen MR) is 117 cm³/mol. The molecule has 0 saturated carbocycles. The molecular weight excluding hydrogens is 438 g/mol. The van der Waals surface area contributed by atoms with Crippen molar-refractivity contribution in [1.82, 2.24) is 5.32 Å². The molecule has 0 bridgehead atoms. The van der Waals surface area contributed by atoms with Gasteiger partial charge in [0.15, 0.2) is 9.84 Å². The van der Waals surface area contributed by atoms with Crippen molar-refractivity contribution in [2.45, 2.75) is 57.8 Å². The van der Waals surface area contributed by atoms with Crippen molar-refractivity contribution in [2.75, 3.05) is 18.6 Å². The van der Waals surface area contributed by atoms with E-state index in [-0.39, 0.29) is 23.3 Å². The monoisotopic (exact) mass is 465 g/mol. The van der Waals surface area contributed by atoms with Crippen LogP contribution in [0.25, 0.3) is 11.0 Å². The van der Waals surface area contributed by atoms with Crippen molar-refractivity contribution in [3.63, 3.8) is 0 Å². The lowest BCUT2D eigenvalue weighted by atomic mass is 9.91. The van der Waals surface area contributed by atoms with E-state index in [1.54, 1.807) is 13.0 Å². The summed E-state index contributed by atoms with van der Waals surface area (Å²) >= 11 is 0. The fourth-order valence-electron chi connectivity index (χ4n) is 4.43. The van der Waals surface area contributed by atoms with Crippen LogP contribution in [0.5, 0.6) is 11.5 Å². The topological polar surface area (TPSA) is 132 Å². The number of carbonyl (C=O) groups excluding carboxylic acids is 1. The number of hydrogen-bond acceptors (Lipinski definition) is 8. The molecule has 2 aromatic rings. The van der Waals surface area contributed by atoms with Gasteiger partial charge in [0, 0.05) is 11.6 Å². The molecule has 0 unspecified atom stereocenters. The van der Waals surface area contributed by atoms with Crippen LogP contribution >= 0.6 is 0 Å². The Bertz CT molecular complexity index is 1260. The predicted octanol–water partition coefficient (Wildman–Crippen LogP) is 1.03. The van der Waals surface area contributed by atoms with Gasteiger partial charge in [-0.05, 0) is 39.2 Å². The molecule has 32 heavy (non-hydrogen) atoms. The molecule has 4 rings (SSSR count). The van der Waals surface area contributed by atoms with Crippen LogP contribution in [0, 0.1) is 6.92 Å². The molecule has 174 valence electrons. The van der Waals surface area contributed by atoms with E-state index < -0.39 is 39.3 Å². The SMILES string of the molecule is COc1cc2c(c3oc(=O)c(CC(=O)N[C@@H]4CS(=O)(=O)C[C@H]4O)c(C)c13)CCC(C)(C)O2. The third-order valence-corrected chi connectivity index (χ3v) is 7.88. The van der Waals surface area contributed by atoms with Gasteiger partial charge in [-0.15, -0.1) is 0 Å². The van der Waals surface area contributed by atoms with Crippen molar-refractivity contribution in [3.05, 3.63) is 33.2 Å². The zero-order chi connectivity index (χ0) is 23.4. The standard InChI is InChI=1S/C22H27NO8S/c1-11-13(7-18(25)23-14-9-32(27,28)10-15(14)24)21(26)30-20-12-5-6-22(2,3)31-16(12)8-17(29-4)19(11)20/h8,14-15,24H,5-7,9-10H2,1-4H3,(H,23,25)/t14-,15-/m1/s1. The van der Waals surface area contributed by atoms with Gasteiger partial charge in [0.25, 0.3) is 0 Å². The molecule has 1 aromatic carbocycles. The van der Waals surface area contributed by atoms with E-state index in [0.717, 1.165) is 12.0 Å². The van der Waals surface area contributed by atoms with Crippen LogP contribution in [0.4, 0.5) is 0 Å². The van der Waals surface area contributed by atoms with Gasteiger partial charge in [-0.25, -0.2) is 13.2 Å². The Morgan fingerprint density at radius 2 is 2.06 bits per heavy atom. The highest BCUT2D eigenvalue weighted by Gasteiger charge is 2.37. The summed E-state index contributed by atoms with van der Waals surface area (Å²) in [7, 11) is -1.90. The second-order valence-electron chi connectivity index (χ2n) is 9.11. The molecule has 1 saturated heterocycles. The Balaban J connectivity index is 1.71. The van der Waals surface area contributed by atoms with E-state index in [1.165, 1.54) is 7.11 Å². The van der Waals surface area contributed by atoms with Crippen molar-refractivity contribution >= 4 is 26.7 Å². The maximum atomic E-state index is 12.8. The molecule has 0 radical (unpaired) electrons. The van der Waals surface area contributed by atoms with Crippen LogP contribution in [0.3, 0.4) is 0 Å². The smallest absolute Gasteiger partial charge is 0.340 e. The van der Waals surface area contributed by atoms with Crippen LogP contribution in [-0.2, 0) is 27.5 Å². The number of benzene rings is 1. The van der Waals surface area contributed by atoms with Gasteiger partial charge in [-0.1, -0.05) is 0 Å². The van der Waals surface area contributed by atoms with Crippen LogP contribution in [0.1, 0.15) is 37.0 Å². The van der Waals surface area contributed by atoms with Crippen LogP contribution in [0.15, 0.2) is 15.3 Å². The van der Waals surface area contributed by atoms with Gasteiger partial charge in [-0.3, -0.25) is 4.79 Å². The van der Waals surface area contributed by atoms with E-state index in [4.69, 9.17) is 13.9 Å². The Morgan fingerprint density at radius 1 is 1.34 bits per heavy atom. The first-order chi connectivity index (χ1) is 14.9. The molecule has 0 aliphatic carbocycles. The van der Waals surface area contributed by atoms with Gasteiger partial charge < -0.3 is 24.3 Å². The molecule has 2 atom stereocenters. The Kier molecular flexibility index (Phi) is 5.49. The number of amides is 1. The molecule has 2 aliphatic heterocycles. The van der Waals surface area contributed by atoms with E-state index in [0.29, 0.717) is 34.5 Å². The average Bonchev–Trinajstić information content (AvgIpc) is 2.94. The summed E-state index contributed by atoms with van der Waals surface area (Å²) in [5, 5.41) is 13.0. The first kappa shape index (κ1) is 22.6. The molecule has 0 spiro atoms. The summed E-state index contributed by atoms with van der Waals surface area (Å²) in [6, 6.07) is 0.872. The van der Waals surface area contributed by atoms with E-state index in [2.05, 4.69) is 5.32 Å². The Morgan fingerprint density at radius 3 is 2.69 bits per heavy atom. The minimum Gasteiger partial charge on any atom is -0.496 e. The number of aliphatic hydroxyl groups is 1. The number of sulfone groups is 1. The van der Waals surface area contributed by atoms with Gasteiger partial charge in [0.1, 0.15) is 22.7 Å². The second kappa shape index (κ2) is 7.77. The fourth-order valence-corrected chi connectivity index (χ4v) is 6.17. The van der Waals surface area contributed by atoms with Gasteiger partial charge in [0.2, 0.25) is 5.91 Å². The summed E-state index contributed by atoms with van der Waals surface area (Å²) in [5.41, 5.74) is 0.882. The van der Waals surface area contributed by atoms with E-state index in [9.17, 15) is 23.1 Å². The summed E-state index contributed by atoms with van der Waals surface area (Å²) in [5.74, 6) is -0.215. The zero-order valence-electron chi connectivity index (χ0n) is 18.5. The first-order valence-electron chi connectivity index (χ1n) is 10.4. The first-order valence-corrected chi connectivity index (χ1v) is 12.3. The van der Waals surface area contributed by atoms with Crippen LogP contribution < -0.4 is 20.4 Å². The maximum absolute atomic E-state index is 12.8. The molecule has 1 fully saturated rings. The number of carbonyl (C=O) groups is 1. The number of aliphatic hydroxyl groups excluding tert-OH is 1. The lowest BCUT2D eigenvalue weighted by molar-refractivity contribution is -0.121. The number of hydrogen-bond donors (Lipinski definition) is 2. The highest BCUT2D eigenvalue weighted by atomic mass is 32.2. The fraction of sp³-hybridized carbons (Fsp3) is 0.545. The minimum atomic E-state index is -3.41. The second-order valence-corrected chi connectivity index (χ2v) is 11.3. The van der Waals surface area contributed by atoms with Crippen LogP contribution in [0.2, 0.25) is 0 Å². The summed E-state index contributed by atoms with van der Waals surface area (Å²) in [6.45, 7) is 5.70. The number of aryl methyl sites for hydroxylation is 2. The molecule has 1 aromatic heterocycles. The number of methoxy groups -OCH3 is 1. The maximum Gasteiger partial charge on any atom is 0.340 e. The number of rotatable bonds is 4. The summed E-state index contributed by atoms with van der Waals surface area (Å²) in [4.78, 5) is 25.4. The summed E-state index contributed by atoms with van der Waals surface area (Å²) < 4.78 is 40.6. The Hall–Kier alpha value is -2.59. The minimum absolute atomic E-state index is 0.153. The van der Waals surface area contributed by atoms with Crippen molar-refractivity contribution in [2.24, 2.45) is 0 Å². The zero-order valence-corrected chi connectivity index (χ0v) is 19.3. The highest BCUT2D eigenvalue weighted by Crippen LogP contribution is 2.43. The number of nitrogens with one attached hydrogen (secondary N) is 1. The van der Waals surface area contributed by atoms with E-state index in [1.807, 2.05) is 13.8 Å². The molecule has 9 nitrogen and oxygen atoms in total. The van der Waals surface area contributed by atoms with Crippen LogP contribution in [-0.4, -0.2) is 55.8 Å². The average molecular weight is 466 g/mol. The van der Waals surface area contributed by atoms with Crippen molar-refractivity contribution in [1.29, 1.82) is 0 Å². The lowest BCUT2D eigenvalue weighted by Crippen LogP contribution is -2.43. The number of ether oxygens (including phenoxy) is 2. The van der Waals surface area contributed by atoms with Gasteiger partial charge in [-0.2, -0.15) is 0 Å². The lowest BCUT2D eigenvalue weighted by Gasteiger charge is -2.33. The Labute approximate surface area is 185 Å². The van der Waals surface area contributed by atoms with Gasteiger partial charge >= 0.3 is 5.63 Å². The molecule has 2 aliphatic rings. The quantitative estimate of drug-likeness (QED) is 0.640. The largest absolute Gasteiger partial charge is 0.496 e. The van der Waals surface area contributed by atoms with Crippen molar-refractivity contribution < 1.29 is 32.2 Å². The molecule has 2 N–H and O–H groups in total. The highest BCUT2D eigenvalue weighted by molar-refractivity contribution is 7.91. The number of fused-ring (bicyclic) bond motifs is 3. The third kappa shape index (κ3) is 4.09. The van der Waals surface area contributed by atoms with Gasteiger partial charge in [0.05, 0.1) is 48.1 Å². The molecular formula is C22H27NO8S. The normalized spacial score (nSPS) is 23.4. The summed E-state index contributed by atoms with van der Waals surface area (Å²) in [6.07, 6.45) is -0.0640. The molecule has 10 heteroatoms. The molecule has 3 heterocycles. The molecule has 1 amide bonds. The third-order valence-electron chi connectivity index (χ3n) is 6.17.